The maximum absolute atomic E-state index is 12.7. The van der Waals surface area contributed by atoms with E-state index in [1.807, 2.05) is 32.0 Å². The topological polar surface area (TPSA) is 88.1 Å². The Morgan fingerprint density at radius 3 is 2.45 bits per heavy atom. The van der Waals surface area contributed by atoms with E-state index in [-0.39, 0.29) is 30.2 Å². The van der Waals surface area contributed by atoms with E-state index in [0.29, 0.717) is 37.4 Å². The molecule has 0 aliphatic carbocycles. The molecule has 2 amide bonds. The maximum atomic E-state index is 12.7. The third-order valence-electron chi connectivity index (χ3n) is 5.36. The van der Waals surface area contributed by atoms with Gasteiger partial charge in [0, 0.05) is 19.1 Å². The first kappa shape index (κ1) is 22.5. The Kier molecular flexibility index (Phi) is 7.39. The molecule has 0 spiro atoms. The molecule has 0 radical (unpaired) electrons. The lowest BCUT2D eigenvalue weighted by atomic mass is 10.0. The van der Waals surface area contributed by atoms with Gasteiger partial charge in [-0.05, 0) is 69.5 Å². The summed E-state index contributed by atoms with van der Waals surface area (Å²) < 4.78 is 11.3. The molecular formula is C24H30N2O5. The highest BCUT2D eigenvalue weighted by Gasteiger charge is 2.27. The van der Waals surface area contributed by atoms with Crippen LogP contribution in [0.5, 0.6) is 17.2 Å². The third kappa shape index (κ3) is 6.38. The fourth-order valence-electron chi connectivity index (χ4n) is 3.65. The average Bonchev–Trinajstić information content (AvgIpc) is 2.75. The number of ether oxygens (including phenoxy) is 2. The molecule has 0 saturated carbocycles. The first-order valence-corrected chi connectivity index (χ1v) is 10.6. The van der Waals surface area contributed by atoms with Crippen LogP contribution in [-0.2, 0) is 9.59 Å². The van der Waals surface area contributed by atoms with Gasteiger partial charge >= 0.3 is 0 Å². The average molecular weight is 427 g/mol. The van der Waals surface area contributed by atoms with Gasteiger partial charge in [0.15, 0.2) is 12.7 Å². The summed E-state index contributed by atoms with van der Waals surface area (Å²) in [7, 11) is 0. The summed E-state index contributed by atoms with van der Waals surface area (Å²) in [6.07, 6.45) is 0.752. The highest BCUT2D eigenvalue weighted by atomic mass is 16.5. The molecular weight excluding hydrogens is 396 g/mol. The monoisotopic (exact) mass is 426 g/mol. The molecule has 7 nitrogen and oxygen atoms in total. The lowest BCUT2D eigenvalue weighted by Gasteiger charge is -2.33. The molecule has 1 atom stereocenters. The third-order valence-corrected chi connectivity index (χ3v) is 5.36. The Balaban J connectivity index is 1.40. The predicted molar refractivity (Wildman–Crippen MR) is 117 cm³/mol. The van der Waals surface area contributed by atoms with Crippen molar-refractivity contribution in [3.05, 3.63) is 53.6 Å². The van der Waals surface area contributed by atoms with Crippen molar-refractivity contribution >= 4 is 11.8 Å². The van der Waals surface area contributed by atoms with Crippen molar-refractivity contribution in [2.24, 2.45) is 0 Å². The minimum atomic E-state index is -0.623. The van der Waals surface area contributed by atoms with Gasteiger partial charge in [-0.1, -0.05) is 17.7 Å². The number of rotatable bonds is 7. The second kappa shape index (κ2) is 10.2. The largest absolute Gasteiger partial charge is 0.508 e. The van der Waals surface area contributed by atoms with Crippen LogP contribution in [0, 0.1) is 13.8 Å². The number of amides is 2. The number of carbonyl (C=O) groups excluding carboxylic acids is 2. The SMILES string of the molecule is Cc1ccc(OCC(=O)NC2CCN(C(=O)C(C)Oc3ccc(O)cc3)CC2)c(C)c1. The first-order chi connectivity index (χ1) is 14.8. The van der Waals surface area contributed by atoms with Crippen molar-refractivity contribution in [1.29, 1.82) is 0 Å². The van der Waals surface area contributed by atoms with Crippen LogP contribution in [0.25, 0.3) is 0 Å². The molecule has 3 rings (SSSR count). The number of carbonyl (C=O) groups is 2. The Bertz CT molecular complexity index is 905. The van der Waals surface area contributed by atoms with Crippen LogP contribution in [0.15, 0.2) is 42.5 Å². The molecule has 2 N–H and O–H groups in total. The first-order valence-electron chi connectivity index (χ1n) is 10.6. The van der Waals surface area contributed by atoms with Gasteiger partial charge in [0.25, 0.3) is 11.8 Å². The normalized spacial score (nSPS) is 15.3. The fourth-order valence-corrected chi connectivity index (χ4v) is 3.65. The van der Waals surface area contributed by atoms with E-state index in [2.05, 4.69) is 5.32 Å². The smallest absolute Gasteiger partial charge is 0.263 e. The molecule has 0 bridgehead atoms. The van der Waals surface area contributed by atoms with Gasteiger partial charge in [0.1, 0.15) is 17.2 Å². The number of hydrogen-bond donors (Lipinski definition) is 2. The second-order valence-corrected chi connectivity index (χ2v) is 7.98. The maximum Gasteiger partial charge on any atom is 0.263 e. The number of hydrogen-bond acceptors (Lipinski definition) is 5. The second-order valence-electron chi connectivity index (χ2n) is 7.98. The molecule has 1 saturated heterocycles. The number of benzene rings is 2. The number of aryl methyl sites for hydroxylation is 2. The molecule has 2 aromatic rings. The van der Waals surface area contributed by atoms with Crippen LogP contribution in [0.2, 0.25) is 0 Å². The molecule has 31 heavy (non-hydrogen) atoms. The zero-order valence-electron chi connectivity index (χ0n) is 18.3. The van der Waals surface area contributed by atoms with E-state index in [4.69, 9.17) is 9.47 Å². The Labute approximate surface area is 183 Å². The van der Waals surface area contributed by atoms with E-state index in [9.17, 15) is 14.7 Å². The molecule has 166 valence electrons. The van der Waals surface area contributed by atoms with Crippen molar-refractivity contribution in [1.82, 2.24) is 10.2 Å². The number of phenols is 1. The Morgan fingerprint density at radius 2 is 1.81 bits per heavy atom. The number of phenolic OH excluding ortho intramolecular Hbond substituents is 1. The number of nitrogens with one attached hydrogen (secondary N) is 1. The number of nitrogens with zero attached hydrogens (tertiary/aromatic N) is 1. The molecule has 1 aliphatic heterocycles. The molecule has 1 heterocycles. The van der Waals surface area contributed by atoms with Crippen LogP contribution in [-0.4, -0.2) is 53.7 Å². The fraction of sp³-hybridized carbons (Fsp3) is 0.417. The van der Waals surface area contributed by atoms with Crippen LogP contribution >= 0.6 is 0 Å². The van der Waals surface area contributed by atoms with Crippen molar-refractivity contribution in [3.63, 3.8) is 0 Å². The number of aromatic hydroxyl groups is 1. The van der Waals surface area contributed by atoms with Gasteiger partial charge in [-0.3, -0.25) is 9.59 Å². The van der Waals surface area contributed by atoms with Crippen LogP contribution in [0.4, 0.5) is 0 Å². The van der Waals surface area contributed by atoms with Crippen LogP contribution in [0.1, 0.15) is 30.9 Å². The summed E-state index contributed by atoms with van der Waals surface area (Å²) in [4.78, 5) is 26.7. The van der Waals surface area contributed by atoms with Crippen molar-refractivity contribution in [2.45, 2.75) is 45.8 Å². The summed E-state index contributed by atoms with van der Waals surface area (Å²) in [6.45, 7) is 6.78. The summed E-state index contributed by atoms with van der Waals surface area (Å²) in [5.74, 6) is 1.15. The highest BCUT2D eigenvalue weighted by molar-refractivity contribution is 5.81. The zero-order chi connectivity index (χ0) is 22.4. The van der Waals surface area contributed by atoms with Crippen molar-refractivity contribution in [3.8, 4) is 17.2 Å². The van der Waals surface area contributed by atoms with E-state index in [1.54, 1.807) is 24.0 Å². The van der Waals surface area contributed by atoms with Crippen molar-refractivity contribution in [2.75, 3.05) is 19.7 Å². The van der Waals surface area contributed by atoms with Crippen LogP contribution < -0.4 is 14.8 Å². The number of likely N-dealkylation sites (tertiary alicyclic amines) is 1. The molecule has 7 heteroatoms. The Morgan fingerprint density at radius 1 is 1.13 bits per heavy atom. The highest BCUT2D eigenvalue weighted by Crippen LogP contribution is 2.20. The Hall–Kier alpha value is -3.22. The summed E-state index contributed by atoms with van der Waals surface area (Å²) >= 11 is 0. The van der Waals surface area contributed by atoms with E-state index in [1.165, 1.54) is 12.1 Å². The van der Waals surface area contributed by atoms with Gasteiger partial charge in [-0.25, -0.2) is 0 Å². The van der Waals surface area contributed by atoms with E-state index in [0.717, 1.165) is 11.1 Å². The standard InChI is InChI=1S/C24H30N2O5/c1-16-4-9-22(17(2)14-16)30-15-23(28)25-19-10-12-26(13-11-19)24(29)18(3)31-21-7-5-20(27)6-8-21/h4-9,14,18-19,27H,10-13,15H2,1-3H3,(H,25,28). The summed E-state index contributed by atoms with van der Waals surface area (Å²) in [5.41, 5.74) is 2.15. The minimum Gasteiger partial charge on any atom is -0.508 e. The van der Waals surface area contributed by atoms with Gasteiger partial charge in [-0.15, -0.1) is 0 Å². The predicted octanol–water partition coefficient (Wildman–Crippen LogP) is 2.96. The van der Waals surface area contributed by atoms with Gasteiger partial charge < -0.3 is 24.8 Å². The quantitative estimate of drug-likeness (QED) is 0.711. The zero-order valence-corrected chi connectivity index (χ0v) is 18.3. The van der Waals surface area contributed by atoms with E-state index >= 15 is 0 Å². The summed E-state index contributed by atoms with van der Waals surface area (Å²) in [6, 6.07) is 12.2. The van der Waals surface area contributed by atoms with Gasteiger partial charge in [0.05, 0.1) is 0 Å². The summed E-state index contributed by atoms with van der Waals surface area (Å²) in [5, 5.41) is 12.3. The molecule has 1 fully saturated rings. The van der Waals surface area contributed by atoms with Gasteiger partial charge in [-0.2, -0.15) is 0 Å². The molecule has 1 unspecified atom stereocenters. The van der Waals surface area contributed by atoms with Gasteiger partial charge in [0.2, 0.25) is 0 Å². The minimum absolute atomic E-state index is 0.0209. The molecule has 1 aliphatic rings. The lowest BCUT2D eigenvalue weighted by Crippen LogP contribution is -2.50. The molecule has 2 aromatic carbocycles. The lowest BCUT2D eigenvalue weighted by molar-refractivity contribution is -0.139. The number of piperidine rings is 1. The molecule has 0 aromatic heterocycles. The van der Waals surface area contributed by atoms with E-state index < -0.39 is 6.10 Å². The van der Waals surface area contributed by atoms with Crippen molar-refractivity contribution < 1.29 is 24.2 Å². The van der Waals surface area contributed by atoms with Crippen LogP contribution in [0.3, 0.4) is 0 Å².